The van der Waals surface area contributed by atoms with Crippen molar-refractivity contribution in [3.05, 3.63) is 0 Å². The molecule has 0 saturated carbocycles. The van der Waals surface area contributed by atoms with E-state index in [4.69, 9.17) is 24.9 Å². The van der Waals surface area contributed by atoms with Crippen LogP contribution >= 0.6 is 0 Å². The van der Waals surface area contributed by atoms with Gasteiger partial charge in [0.2, 0.25) is 0 Å². The third-order valence-corrected chi connectivity index (χ3v) is 0.774. The lowest BCUT2D eigenvalue weighted by Crippen LogP contribution is -2.09. The highest BCUT2D eigenvalue weighted by Gasteiger charge is 2.04. The molecule has 5 heteroatoms. The quantitative estimate of drug-likeness (QED) is 0.471. The van der Waals surface area contributed by atoms with Gasteiger partial charge in [-0.1, -0.05) is 6.92 Å². The Morgan fingerprint density at radius 2 is 1.45 bits per heavy atom. The maximum absolute atomic E-state index is 9.10. The Labute approximate surface area is 64.3 Å². The van der Waals surface area contributed by atoms with Crippen molar-refractivity contribution < 1.29 is 24.9 Å². The van der Waals surface area contributed by atoms with Gasteiger partial charge in [0.1, 0.15) is 0 Å². The van der Waals surface area contributed by atoms with Crippen LogP contribution in [0, 0.1) is 0 Å². The van der Waals surface area contributed by atoms with E-state index >= 15 is 0 Å². The predicted octanol–water partition coefficient (Wildman–Crippen LogP) is -0.0672. The van der Waals surface area contributed by atoms with Crippen molar-refractivity contribution in [2.45, 2.75) is 26.4 Å². The molecular formula is C6H12O5. The summed E-state index contributed by atoms with van der Waals surface area (Å²) in [6, 6.07) is 0. The van der Waals surface area contributed by atoms with E-state index in [1.54, 1.807) is 6.92 Å². The maximum Gasteiger partial charge on any atom is 0.414 e. The molecule has 0 aliphatic rings. The molecule has 0 aliphatic heterocycles. The Bertz CT molecular complexity index is 117. The minimum atomic E-state index is -1.82. The zero-order chi connectivity index (χ0) is 9.44. The predicted molar refractivity (Wildman–Crippen MR) is 37.2 cm³/mol. The minimum Gasteiger partial charge on any atom is -0.473 e. The third kappa shape index (κ3) is 17.6. The van der Waals surface area contributed by atoms with Gasteiger partial charge in [-0.2, -0.15) is 0 Å². The van der Waals surface area contributed by atoms with Crippen LogP contribution in [0.2, 0.25) is 0 Å². The second-order valence-electron chi connectivity index (χ2n) is 1.87. The van der Waals surface area contributed by atoms with Gasteiger partial charge in [0, 0.05) is 0 Å². The van der Waals surface area contributed by atoms with Crippen LogP contribution < -0.4 is 0 Å². The van der Waals surface area contributed by atoms with Crippen LogP contribution in [0.4, 0.5) is 0 Å². The Kier molecular flexibility index (Phi) is 8.01. The van der Waals surface area contributed by atoms with E-state index in [1.807, 2.05) is 6.92 Å². The molecule has 1 unspecified atom stereocenters. The molecule has 0 spiro atoms. The molecule has 11 heavy (non-hydrogen) atoms. The van der Waals surface area contributed by atoms with E-state index in [0.717, 1.165) is 6.42 Å². The molecule has 1 atom stereocenters. The van der Waals surface area contributed by atoms with Gasteiger partial charge in [-0.05, 0) is 13.3 Å². The van der Waals surface area contributed by atoms with Crippen molar-refractivity contribution in [1.29, 1.82) is 0 Å². The highest BCUT2D eigenvalue weighted by atomic mass is 16.4. The number of hydrogen-bond acceptors (Lipinski definition) is 3. The smallest absolute Gasteiger partial charge is 0.414 e. The molecule has 0 radical (unpaired) electrons. The second-order valence-corrected chi connectivity index (χ2v) is 1.87. The average molecular weight is 164 g/mol. The van der Waals surface area contributed by atoms with Gasteiger partial charge in [-0.25, -0.2) is 9.59 Å². The number of carboxylic acid groups (broad SMARTS) is 2. The molecule has 0 amide bonds. The number of aliphatic carboxylic acids is 2. The van der Waals surface area contributed by atoms with Gasteiger partial charge in [0.25, 0.3) is 0 Å². The zero-order valence-electron chi connectivity index (χ0n) is 6.44. The molecule has 5 nitrogen and oxygen atoms in total. The summed E-state index contributed by atoms with van der Waals surface area (Å²) in [6.07, 6.45) is 0.745. The average Bonchev–Trinajstić information content (AvgIpc) is 1.89. The fourth-order valence-corrected chi connectivity index (χ4v) is 0. The fourth-order valence-electron chi connectivity index (χ4n) is 0. The van der Waals surface area contributed by atoms with Gasteiger partial charge in [0.15, 0.2) is 0 Å². The standard InChI is InChI=1S/C4H10O.C2H2O4/c1-3-4(2)5;3-1(4)2(5)6/h4-5H,3H2,1-2H3;(H,3,4)(H,5,6). The second kappa shape index (κ2) is 7.01. The van der Waals surface area contributed by atoms with Crippen LogP contribution in [0.5, 0.6) is 0 Å². The van der Waals surface area contributed by atoms with E-state index in [9.17, 15) is 0 Å². The summed E-state index contributed by atoms with van der Waals surface area (Å²) in [7, 11) is 0. The third-order valence-electron chi connectivity index (χ3n) is 0.774. The van der Waals surface area contributed by atoms with Crippen molar-refractivity contribution in [2.75, 3.05) is 0 Å². The Balaban J connectivity index is 0. The number of aliphatic hydroxyl groups excluding tert-OH is 1. The molecular weight excluding hydrogens is 152 g/mol. The van der Waals surface area contributed by atoms with E-state index in [0.29, 0.717) is 0 Å². The summed E-state index contributed by atoms with van der Waals surface area (Å²) < 4.78 is 0. The van der Waals surface area contributed by atoms with Crippen LogP contribution in [-0.4, -0.2) is 33.4 Å². The Hall–Kier alpha value is -1.10. The minimum absolute atomic E-state index is 0.116. The largest absolute Gasteiger partial charge is 0.473 e. The lowest BCUT2D eigenvalue weighted by Gasteiger charge is -1.90. The molecule has 0 aliphatic carbocycles. The lowest BCUT2D eigenvalue weighted by molar-refractivity contribution is -0.159. The molecule has 3 N–H and O–H groups in total. The summed E-state index contributed by atoms with van der Waals surface area (Å²) in [6.45, 7) is 3.73. The Morgan fingerprint density at radius 1 is 1.27 bits per heavy atom. The van der Waals surface area contributed by atoms with E-state index < -0.39 is 11.9 Å². The van der Waals surface area contributed by atoms with Crippen molar-refractivity contribution in [3.63, 3.8) is 0 Å². The van der Waals surface area contributed by atoms with Gasteiger partial charge in [-0.3, -0.25) is 0 Å². The van der Waals surface area contributed by atoms with Crippen LogP contribution in [0.15, 0.2) is 0 Å². The van der Waals surface area contributed by atoms with Crippen LogP contribution in [-0.2, 0) is 9.59 Å². The topological polar surface area (TPSA) is 94.8 Å². The molecule has 0 bridgehead atoms. The van der Waals surface area contributed by atoms with Crippen molar-refractivity contribution in [1.82, 2.24) is 0 Å². The van der Waals surface area contributed by atoms with Gasteiger partial charge >= 0.3 is 11.9 Å². The summed E-state index contributed by atoms with van der Waals surface area (Å²) in [5.74, 6) is -3.65. The van der Waals surface area contributed by atoms with Crippen LogP contribution in [0.3, 0.4) is 0 Å². The van der Waals surface area contributed by atoms with E-state index in [-0.39, 0.29) is 6.10 Å². The van der Waals surface area contributed by atoms with Gasteiger partial charge < -0.3 is 15.3 Å². The Morgan fingerprint density at radius 3 is 1.45 bits per heavy atom. The lowest BCUT2D eigenvalue weighted by atomic mass is 10.3. The first kappa shape index (κ1) is 12.6. The van der Waals surface area contributed by atoms with Crippen LogP contribution in [0.1, 0.15) is 20.3 Å². The SMILES string of the molecule is CCC(C)O.O=C(O)C(=O)O. The number of carbonyl (C=O) groups is 2. The molecule has 0 rings (SSSR count). The maximum atomic E-state index is 9.10. The molecule has 0 heterocycles. The monoisotopic (exact) mass is 164 g/mol. The molecule has 0 aromatic heterocycles. The molecule has 0 aromatic rings. The van der Waals surface area contributed by atoms with E-state index in [2.05, 4.69) is 0 Å². The summed E-state index contributed by atoms with van der Waals surface area (Å²) in [4.78, 5) is 18.2. The first-order valence-corrected chi connectivity index (χ1v) is 3.06. The van der Waals surface area contributed by atoms with Crippen molar-refractivity contribution >= 4 is 11.9 Å². The first-order valence-electron chi connectivity index (χ1n) is 3.06. The van der Waals surface area contributed by atoms with Gasteiger partial charge in [0.05, 0.1) is 6.10 Å². The highest BCUT2D eigenvalue weighted by molar-refractivity contribution is 6.27. The first-order chi connectivity index (χ1) is 4.91. The number of hydrogen-bond donors (Lipinski definition) is 3. The molecule has 0 saturated heterocycles. The number of carboxylic acids is 2. The van der Waals surface area contributed by atoms with Crippen molar-refractivity contribution in [2.24, 2.45) is 0 Å². The number of aliphatic hydroxyl groups is 1. The van der Waals surface area contributed by atoms with Gasteiger partial charge in [-0.15, -0.1) is 0 Å². The molecule has 0 fully saturated rings. The van der Waals surface area contributed by atoms with Crippen LogP contribution in [0.25, 0.3) is 0 Å². The van der Waals surface area contributed by atoms with Crippen molar-refractivity contribution in [3.8, 4) is 0 Å². The number of rotatable bonds is 1. The zero-order valence-corrected chi connectivity index (χ0v) is 6.44. The normalized spacial score (nSPS) is 10.8. The molecule has 0 aromatic carbocycles. The molecule has 66 valence electrons. The van der Waals surface area contributed by atoms with E-state index in [1.165, 1.54) is 0 Å². The summed E-state index contributed by atoms with van der Waals surface area (Å²) >= 11 is 0. The fraction of sp³-hybridized carbons (Fsp3) is 0.667. The summed E-state index contributed by atoms with van der Waals surface area (Å²) in [5, 5.41) is 23.1. The highest BCUT2D eigenvalue weighted by Crippen LogP contribution is 1.81. The summed E-state index contributed by atoms with van der Waals surface area (Å²) in [5.41, 5.74) is 0.